The van der Waals surface area contributed by atoms with Crippen LogP contribution in [0.4, 0.5) is 0 Å². The Hall–Kier alpha value is -1.20. The molecule has 3 nitrogen and oxygen atoms in total. The van der Waals surface area contributed by atoms with Crippen LogP contribution in [-0.2, 0) is 6.54 Å². The number of hydrogen-bond acceptors (Lipinski definition) is 2. The molecular formula is C16H15Br2NO2. The van der Waals surface area contributed by atoms with Crippen LogP contribution in [0.2, 0.25) is 0 Å². The molecular weight excluding hydrogens is 398 g/mol. The van der Waals surface area contributed by atoms with E-state index in [-0.39, 0.29) is 11.3 Å². The van der Waals surface area contributed by atoms with Gasteiger partial charge < -0.3 is 4.57 Å². The lowest BCUT2D eigenvalue weighted by Crippen LogP contribution is -2.22. The summed E-state index contributed by atoms with van der Waals surface area (Å²) in [6, 6.07) is 9.13. The average Bonchev–Trinajstić information content (AvgIpc) is 2.44. The number of hydrogen-bond donors (Lipinski definition) is 0. The summed E-state index contributed by atoms with van der Waals surface area (Å²) in [6.07, 6.45) is 2.84. The van der Waals surface area contributed by atoms with E-state index in [1.165, 1.54) is 0 Å². The van der Waals surface area contributed by atoms with E-state index in [0.29, 0.717) is 30.5 Å². The SMILES string of the molecule is Cc1cc(Br)cn(CCCC(=O)c2ccc(Br)cc2)c1=O. The molecule has 2 aromatic rings. The molecule has 0 bridgehead atoms. The highest BCUT2D eigenvalue weighted by Crippen LogP contribution is 2.13. The number of benzene rings is 1. The van der Waals surface area contributed by atoms with Crippen molar-refractivity contribution in [3.63, 3.8) is 0 Å². The highest BCUT2D eigenvalue weighted by Gasteiger charge is 2.07. The lowest BCUT2D eigenvalue weighted by molar-refractivity contribution is 0.0978. The number of rotatable bonds is 5. The third-order valence-electron chi connectivity index (χ3n) is 3.20. The monoisotopic (exact) mass is 411 g/mol. The van der Waals surface area contributed by atoms with Gasteiger partial charge in [0.2, 0.25) is 0 Å². The molecule has 0 atom stereocenters. The first kappa shape index (κ1) is 16.2. The first-order valence-corrected chi connectivity index (χ1v) is 8.21. The Morgan fingerprint density at radius 2 is 1.81 bits per heavy atom. The molecule has 0 saturated heterocycles. The van der Waals surface area contributed by atoms with E-state index in [4.69, 9.17) is 0 Å². The maximum absolute atomic E-state index is 12.1. The minimum Gasteiger partial charge on any atom is -0.314 e. The van der Waals surface area contributed by atoms with Crippen molar-refractivity contribution in [1.29, 1.82) is 0 Å². The Labute approximate surface area is 140 Å². The molecule has 110 valence electrons. The molecule has 0 fully saturated rings. The molecule has 0 unspecified atom stereocenters. The summed E-state index contributed by atoms with van der Waals surface area (Å²) in [6.45, 7) is 2.33. The summed E-state index contributed by atoms with van der Waals surface area (Å²) in [5.74, 6) is 0.0993. The van der Waals surface area contributed by atoms with Crippen molar-refractivity contribution in [2.75, 3.05) is 0 Å². The number of carbonyl (C=O) groups is 1. The predicted molar refractivity (Wildman–Crippen MR) is 90.8 cm³/mol. The largest absolute Gasteiger partial charge is 0.314 e. The van der Waals surface area contributed by atoms with Crippen LogP contribution < -0.4 is 5.56 Å². The summed E-state index contributed by atoms with van der Waals surface area (Å²) in [7, 11) is 0. The Morgan fingerprint density at radius 1 is 1.14 bits per heavy atom. The van der Waals surface area contributed by atoms with Crippen LogP contribution in [0.25, 0.3) is 0 Å². The van der Waals surface area contributed by atoms with Crippen molar-refractivity contribution in [3.05, 3.63) is 67.0 Å². The third kappa shape index (κ3) is 4.38. The number of halogens is 2. The zero-order valence-electron chi connectivity index (χ0n) is 11.6. The fourth-order valence-corrected chi connectivity index (χ4v) is 2.95. The van der Waals surface area contributed by atoms with Crippen molar-refractivity contribution in [2.45, 2.75) is 26.3 Å². The molecule has 0 aliphatic carbocycles. The number of aryl methyl sites for hydroxylation is 2. The number of ketones is 1. The van der Waals surface area contributed by atoms with Crippen molar-refractivity contribution in [3.8, 4) is 0 Å². The topological polar surface area (TPSA) is 39.1 Å². The molecule has 1 aromatic heterocycles. The Morgan fingerprint density at radius 3 is 2.48 bits per heavy atom. The van der Waals surface area contributed by atoms with E-state index in [9.17, 15) is 9.59 Å². The Bertz CT molecular complexity index is 705. The minimum atomic E-state index is -0.00529. The summed E-state index contributed by atoms with van der Waals surface area (Å²) >= 11 is 6.73. The lowest BCUT2D eigenvalue weighted by Gasteiger charge is -2.07. The van der Waals surface area contributed by atoms with Crippen LogP contribution >= 0.6 is 31.9 Å². The number of Topliss-reactive ketones (excluding diaryl/α,β-unsaturated/α-hetero) is 1. The molecule has 21 heavy (non-hydrogen) atoms. The predicted octanol–water partition coefficient (Wildman–Crippen LogP) is 4.34. The maximum Gasteiger partial charge on any atom is 0.253 e. The zero-order chi connectivity index (χ0) is 15.4. The van der Waals surface area contributed by atoms with E-state index in [1.807, 2.05) is 24.3 Å². The first-order chi connectivity index (χ1) is 9.97. The van der Waals surface area contributed by atoms with Crippen LogP contribution in [0.1, 0.15) is 28.8 Å². The number of aromatic nitrogens is 1. The van der Waals surface area contributed by atoms with Gasteiger partial charge in [-0.2, -0.15) is 0 Å². The van der Waals surface area contributed by atoms with Crippen molar-refractivity contribution < 1.29 is 4.79 Å². The van der Waals surface area contributed by atoms with E-state index in [1.54, 1.807) is 23.8 Å². The molecule has 0 aliphatic heterocycles. The van der Waals surface area contributed by atoms with E-state index in [0.717, 1.165) is 8.95 Å². The minimum absolute atomic E-state index is 0.00529. The number of carbonyl (C=O) groups excluding carboxylic acids is 1. The first-order valence-electron chi connectivity index (χ1n) is 6.63. The smallest absolute Gasteiger partial charge is 0.253 e. The molecule has 1 heterocycles. The molecule has 0 amide bonds. The van der Waals surface area contributed by atoms with Gasteiger partial charge >= 0.3 is 0 Å². The quantitative estimate of drug-likeness (QED) is 0.685. The summed E-state index contributed by atoms with van der Waals surface area (Å²) in [4.78, 5) is 24.0. The third-order valence-corrected chi connectivity index (χ3v) is 4.16. The van der Waals surface area contributed by atoms with Crippen molar-refractivity contribution in [2.24, 2.45) is 0 Å². The Balaban J connectivity index is 1.97. The van der Waals surface area contributed by atoms with Gasteiger partial charge in [-0.1, -0.05) is 28.1 Å². The van der Waals surface area contributed by atoms with Crippen LogP contribution in [-0.4, -0.2) is 10.4 Å². The van der Waals surface area contributed by atoms with E-state index >= 15 is 0 Å². The number of nitrogens with zero attached hydrogens (tertiary/aromatic N) is 1. The van der Waals surface area contributed by atoms with Gasteiger partial charge in [0, 0.05) is 39.2 Å². The molecule has 0 N–H and O–H groups in total. The second-order valence-corrected chi connectivity index (χ2v) is 6.70. The standard InChI is InChI=1S/C16H15Br2NO2/c1-11-9-14(18)10-19(16(11)21)8-2-3-15(20)12-4-6-13(17)7-5-12/h4-7,9-10H,2-3,8H2,1H3. The van der Waals surface area contributed by atoms with Crippen LogP contribution in [0.3, 0.4) is 0 Å². The van der Waals surface area contributed by atoms with Crippen molar-refractivity contribution >= 4 is 37.6 Å². The molecule has 2 rings (SSSR count). The van der Waals surface area contributed by atoms with Gasteiger partial charge in [0.1, 0.15) is 0 Å². The molecule has 5 heteroatoms. The summed E-state index contributed by atoms with van der Waals surface area (Å²) in [5.41, 5.74) is 1.40. The molecule has 0 aliphatic rings. The van der Waals surface area contributed by atoms with Crippen LogP contribution in [0.15, 0.2) is 50.3 Å². The van der Waals surface area contributed by atoms with Gasteiger partial charge in [0.15, 0.2) is 5.78 Å². The Kier molecular flexibility index (Phi) is 5.53. The molecule has 0 radical (unpaired) electrons. The van der Waals surface area contributed by atoms with Gasteiger partial charge in [-0.25, -0.2) is 0 Å². The van der Waals surface area contributed by atoms with Gasteiger partial charge in [0.05, 0.1) is 0 Å². The maximum atomic E-state index is 12.1. The van der Waals surface area contributed by atoms with Crippen LogP contribution in [0.5, 0.6) is 0 Å². The van der Waals surface area contributed by atoms with Crippen molar-refractivity contribution in [1.82, 2.24) is 4.57 Å². The summed E-state index contributed by atoms with van der Waals surface area (Å²) in [5, 5.41) is 0. The molecule has 0 saturated carbocycles. The second-order valence-electron chi connectivity index (χ2n) is 4.87. The molecule has 0 spiro atoms. The lowest BCUT2D eigenvalue weighted by atomic mass is 10.1. The van der Waals surface area contributed by atoms with E-state index in [2.05, 4.69) is 31.9 Å². The average molecular weight is 413 g/mol. The number of pyridine rings is 1. The van der Waals surface area contributed by atoms with Gasteiger partial charge in [-0.05, 0) is 47.5 Å². The normalized spacial score (nSPS) is 10.6. The molecule has 1 aromatic carbocycles. The zero-order valence-corrected chi connectivity index (χ0v) is 14.8. The van der Waals surface area contributed by atoms with Gasteiger partial charge in [0.25, 0.3) is 5.56 Å². The highest BCUT2D eigenvalue weighted by molar-refractivity contribution is 9.10. The van der Waals surface area contributed by atoms with Gasteiger partial charge in [-0.3, -0.25) is 9.59 Å². The van der Waals surface area contributed by atoms with Crippen LogP contribution in [0, 0.1) is 6.92 Å². The van der Waals surface area contributed by atoms with E-state index < -0.39 is 0 Å². The summed E-state index contributed by atoms with van der Waals surface area (Å²) < 4.78 is 3.47. The fourth-order valence-electron chi connectivity index (χ4n) is 2.10. The van der Waals surface area contributed by atoms with Gasteiger partial charge in [-0.15, -0.1) is 0 Å². The second kappa shape index (κ2) is 7.18. The highest BCUT2D eigenvalue weighted by atomic mass is 79.9. The fraction of sp³-hybridized carbons (Fsp3) is 0.250.